The van der Waals surface area contributed by atoms with Crippen molar-refractivity contribution in [2.45, 2.75) is 24.9 Å². The molecule has 0 aliphatic heterocycles. The van der Waals surface area contributed by atoms with Crippen molar-refractivity contribution in [1.82, 2.24) is 4.31 Å². The fourth-order valence-electron chi connectivity index (χ4n) is 3.23. The van der Waals surface area contributed by atoms with Gasteiger partial charge in [-0.1, -0.05) is 24.3 Å². The first-order valence-electron chi connectivity index (χ1n) is 9.91. The minimum Gasteiger partial charge on any atom is -0.497 e. The number of carbonyl (C=O) groups excluding carboxylic acids is 1. The molecule has 9 heteroatoms. The van der Waals surface area contributed by atoms with Gasteiger partial charge in [-0.05, 0) is 54.4 Å². The van der Waals surface area contributed by atoms with E-state index in [-0.39, 0.29) is 18.7 Å². The van der Waals surface area contributed by atoms with Crippen molar-refractivity contribution in [1.29, 1.82) is 0 Å². The summed E-state index contributed by atoms with van der Waals surface area (Å²) in [5.41, 5.74) is 0.934. The van der Waals surface area contributed by atoms with Crippen molar-refractivity contribution in [3.8, 4) is 11.5 Å². The summed E-state index contributed by atoms with van der Waals surface area (Å²) < 4.78 is 67.6. The Bertz CT molecular complexity index is 1170. The molecule has 0 radical (unpaired) electrons. The number of carbonyl (C=O) groups is 1. The number of ether oxygens (including phenoxy) is 2. The van der Waals surface area contributed by atoms with Crippen LogP contribution in [0.4, 0.5) is 8.78 Å². The maximum atomic E-state index is 14.8. The molecule has 0 saturated heterocycles. The summed E-state index contributed by atoms with van der Waals surface area (Å²) in [5, 5.41) is 0. The van der Waals surface area contributed by atoms with E-state index in [1.165, 1.54) is 14.2 Å². The first-order chi connectivity index (χ1) is 15.6. The number of nitrogens with zero attached hydrogens (tertiary/aromatic N) is 1. The number of benzene rings is 3. The number of halogens is 2. The van der Waals surface area contributed by atoms with Gasteiger partial charge in [-0.3, -0.25) is 4.79 Å². The van der Waals surface area contributed by atoms with Crippen LogP contribution in [0, 0.1) is 11.6 Å². The molecule has 0 saturated carbocycles. The van der Waals surface area contributed by atoms with Crippen molar-refractivity contribution in [3.05, 3.63) is 89.0 Å². The van der Waals surface area contributed by atoms with E-state index in [4.69, 9.17) is 9.47 Å². The molecule has 0 N–H and O–H groups in total. The Labute approximate surface area is 191 Å². The van der Waals surface area contributed by atoms with Gasteiger partial charge in [0, 0.05) is 18.7 Å². The molecule has 0 heterocycles. The lowest BCUT2D eigenvalue weighted by Crippen LogP contribution is -2.31. The predicted octanol–water partition coefficient (Wildman–Crippen LogP) is 4.58. The van der Waals surface area contributed by atoms with Crippen molar-refractivity contribution in [2.75, 3.05) is 14.2 Å². The minimum absolute atomic E-state index is 0.147. The van der Waals surface area contributed by atoms with E-state index in [2.05, 4.69) is 0 Å². The van der Waals surface area contributed by atoms with Crippen LogP contribution in [0.5, 0.6) is 11.5 Å². The second kappa shape index (κ2) is 10.1. The lowest BCUT2D eigenvalue weighted by molar-refractivity contribution is 0.101. The zero-order valence-corrected chi connectivity index (χ0v) is 19.2. The smallest absolute Gasteiger partial charge is 0.249 e. The number of methoxy groups -OCH3 is 2. The average molecular weight is 476 g/mol. The van der Waals surface area contributed by atoms with Crippen molar-refractivity contribution in [3.63, 3.8) is 0 Å². The number of sulfonamides is 1. The third-order valence-corrected chi connectivity index (χ3v) is 6.88. The highest BCUT2D eigenvalue weighted by molar-refractivity contribution is 7.89. The van der Waals surface area contributed by atoms with Gasteiger partial charge in [-0.25, -0.2) is 17.2 Å². The fraction of sp³-hybridized carbons (Fsp3) is 0.208. The van der Waals surface area contributed by atoms with E-state index in [0.29, 0.717) is 22.6 Å². The Morgan fingerprint density at radius 2 is 1.21 bits per heavy atom. The lowest BCUT2D eigenvalue weighted by Gasteiger charge is -2.23. The minimum atomic E-state index is -4.62. The number of Topliss-reactive ketones (excluding diaryl/α,β-unsaturated/α-hetero) is 1. The summed E-state index contributed by atoms with van der Waals surface area (Å²) >= 11 is 0. The summed E-state index contributed by atoms with van der Waals surface area (Å²) in [5.74, 6) is -2.06. The van der Waals surface area contributed by atoms with Gasteiger partial charge in [-0.15, -0.1) is 0 Å². The molecule has 0 fully saturated rings. The van der Waals surface area contributed by atoms with Gasteiger partial charge in [0.25, 0.3) is 0 Å². The molecule has 0 spiro atoms. The van der Waals surface area contributed by atoms with Crippen molar-refractivity contribution >= 4 is 15.8 Å². The monoisotopic (exact) mass is 475 g/mol. The van der Waals surface area contributed by atoms with Gasteiger partial charge < -0.3 is 9.47 Å². The summed E-state index contributed by atoms with van der Waals surface area (Å²) in [6.45, 7) is 0.847. The normalized spacial score (nSPS) is 11.5. The number of rotatable bonds is 9. The maximum Gasteiger partial charge on any atom is 0.249 e. The molecule has 174 valence electrons. The van der Waals surface area contributed by atoms with Crippen LogP contribution >= 0.6 is 0 Å². The van der Waals surface area contributed by atoms with Crippen LogP contribution in [-0.4, -0.2) is 32.7 Å². The topological polar surface area (TPSA) is 72.9 Å². The van der Waals surface area contributed by atoms with Crippen molar-refractivity contribution in [2.24, 2.45) is 0 Å². The van der Waals surface area contributed by atoms with Gasteiger partial charge in [0.2, 0.25) is 10.0 Å². The number of ketones is 1. The Balaban J connectivity index is 2.05. The van der Waals surface area contributed by atoms with Gasteiger partial charge in [0.05, 0.1) is 14.2 Å². The van der Waals surface area contributed by atoms with Crippen LogP contribution in [0.15, 0.2) is 65.6 Å². The third kappa shape index (κ3) is 5.55. The molecule has 3 aromatic rings. The molecule has 33 heavy (non-hydrogen) atoms. The Hall–Kier alpha value is -3.30. The van der Waals surface area contributed by atoms with Crippen LogP contribution in [0.3, 0.4) is 0 Å². The van der Waals surface area contributed by atoms with Crippen LogP contribution < -0.4 is 9.47 Å². The second-order valence-corrected chi connectivity index (χ2v) is 9.17. The summed E-state index contributed by atoms with van der Waals surface area (Å²) in [6.07, 6.45) is 0. The molecular formula is C24H23F2NO5S. The zero-order valence-electron chi connectivity index (χ0n) is 18.3. The predicted molar refractivity (Wildman–Crippen MR) is 119 cm³/mol. The molecular weight excluding hydrogens is 452 g/mol. The standard InChI is InChI=1S/C24H23F2NO5S/c1-16(28)19-12-22(25)24(23(26)13-19)33(29,30)27(14-17-4-8-20(31-2)9-5-17)15-18-6-10-21(32-3)11-7-18/h4-13H,14-15H2,1-3H3. The molecule has 0 bridgehead atoms. The van der Waals surface area contributed by atoms with E-state index < -0.39 is 32.3 Å². The van der Waals surface area contributed by atoms with Gasteiger partial charge in [-0.2, -0.15) is 4.31 Å². The highest BCUT2D eigenvalue weighted by Crippen LogP contribution is 2.28. The number of hydrogen-bond donors (Lipinski definition) is 0. The quantitative estimate of drug-likeness (QED) is 0.424. The molecule has 0 unspecified atom stereocenters. The summed E-state index contributed by atoms with van der Waals surface area (Å²) in [7, 11) is -1.61. The third-order valence-electron chi connectivity index (χ3n) is 5.04. The van der Waals surface area contributed by atoms with E-state index in [9.17, 15) is 22.0 Å². The molecule has 0 amide bonds. The number of hydrogen-bond acceptors (Lipinski definition) is 5. The fourth-order valence-corrected chi connectivity index (χ4v) is 4.74. The molecule has 0 aliphatic carbocycles. The molecule has 6 nitrogen and oxygen atoms in total. The zero-order chi connectivity index (χ0) is 24.2. The Morgan fingerprint density at radius 3 is 1.55 bits per heavy atom. The van der Waals surface area contributed by atoms with E-state index in [1.807, 2.05) is 0 Å². The lowest BCUT2D eigenvalue weighted by atomic mass is 10.1. The highest BCUT2D eigenvalue weighted by Gasteiger charge is 2.32. The molecule has 0 aromatic heterocycles. The summed E-state index contributed by atoms with van der Waals surface area (Å²) in [4.78, 5) is 10.4. The van der Waals surface area contributed by atoms with E-state index in [0.717, 1.165) is 23.4 Å². The van der Waals surface area contributed by atoms with Gasteiger partial charge >= 0.3 is 0 Å². The van der Waals surface area contributed by atoms with E-state index in [1.54, 1.807) is 48.5 Å². The Morgan fingerprint density at radius 1 is 0.818 bits per heavy atom. The van der Waals surface area contributed by atoms with Crippen LogP contribution in [-0.2, 0) is 23.1 Å². The molecule has 3 rings (SSSR count). The maximum absolute atomic E-state index is 14.8. The van der Waals surface area contributed by atoms with Gasteiger partial charge in [0.1, 0.15) is 23.1 Å². The average Bonchev–Trinajstić information content (AvgIpc) is 2.78. The molecule has 0 aliphatic rings. The second-order valence-electron chi connectivity index (χ2n) is 7.29. The van der Waals surface area contributed by atoms with Gasteiger partial charge in [0.15, 0.2) is 10.7 Å². The molecule has 0 atom stereocenters. The Kier molecular flexibility index (Phi) is 7.45. The van der Waals surface area contributed by atoms with Crippen LogP contribution in [0.2, 0.25) is 0 Å². The van der Waals surface area contributed by atoms with Crippen LogP contribution in [0.1, 0.15) is 28.4 Å². The van der Waals surface area contributed by atoms with Crippen molar-refractivity contribution < 1.29 is 31.5 Å². The first-order valence-corrected chi connectivity index (χ1v) is 11.4. The summed E-state index contributed by atoms with van der Waals surface area (Å²) in [6, 6.07) is 14.8. The highest BCUT2D eigenvalue weighted by atomic mass is 32.2. The SMILES string of the molecule is COc1ccc(CN(Cc2ccc(OC)cc2)S(=O)(=O)c2c(F)cc(C(C)=O)cc2F)cc1. The van der Waals surface area contributed by atoms with Crippen LogP contribution in [0.25, 0.3) is 0 Å². The largest absolute Gasteiger partial charge is 0.497 e. The van der Waals surface area contributed by atoms with E-state index >= 15 is 0 Å². The molecule has 3 aromatic carbocycles. The first kappa shape index (κ1) is 24.3.